The second-order valence-electron chi connectivity index (χ2n) is 8.09. The molecular weight excluding hydrogens is 364 g/mol. The van der Waals surface area contributed by atoms with Crippen LogP contribution in [0, 0.1) is 11.3 Å². The lowest BCUT2D eigenvalue weighted by atomic mass is 9.89. The number of ketones is 1. The molecule has 0 saturated carbocycles. The molecule has 0 saturated heterocycles. The first kappa shape index (κ1) is 19.4. The maximum Gasteiger partial charge on any atom is 0.263 e. The van der Waals surface area contributed by atoms with E-state index in [9.17, 15) is 9.59 Å². The van der Waals surface area contributed by atoms with Gasteiger partial charge >= 0.3 is 0 Å². The topological polar surface area (TPSA) is 52.0 Å². The Morgan fingerprint density at radius 2 is 2.19 bits per heavy atom. The van der Waals surface area contributed by atoms with Crippen LogP contribution >= 0.6 is 23.1 Å². The summed E-state index contributed by atoms with van der Waals surface area (Å²) in [6.07, 6.45) is 4.82. The molecule has 2 aromatic heterocycles. The Morgan fingerprint density at radius 1 is 1.46 bits per heavy atom. The van der Waals surface area contributed by atoms with Gasteiger partial charge in [0.1, 0.15) is 10.6 Å². The highest BCUT2D eigenvalue weighted by Crippen LogP contribution is 2.36. The summed E-state index contributed by atoms with van der Waals surface area (Å²) in [6, 6.07) is 0. The molecule has 3 rings (SSSR count). The number of carbonyl (C=O) groups excluding carboxylic acids is 1. The van der Waals surface area contributed by atoms with Crippen LogP contribution in [-0.4, -0.2) is 21.1 Å². The molecule has 4 nitrogen and oxygen atoms in total. The minimum atomic E-state index is -0.390. The third-order valence-electron chi connectivity index (χ3n) is 4.86. The fraction of sp³-hybridized carbons (Fsp3) is 0.550. The van der Waals surface area contributed by atoms with E-state index in [2.05, 4.69) is 13.5 Å². The van der Waals surface area contributed by atoms with E-state index in [1.54, 1.807) is 22.0 Å². The molecule has 2 aromatic rings. The van der Waals surface area contributed by atoms with Crippen molar-refractivity contribution in [2.45, 2.75) is 58.7 Å². The predicted octanol–water partition coefficient (Wildman–Crippen LogP) is 4.48. The van der Waals surface area contributed by atoms with Crippen molar-refractivity contribution in [1.82, 2.24) is 9.55 Å². The summed E-state index contributed by atoms with van der Waals surface area (Å²) in [6.45, 7) is 12.2. The first-order chi connectivity index (χ1) is 12.2. The number of allylic oxidation sites excluding steroid dienone is 1. The average Bonchev–Trinajstić information content (AvgIpc) is 2.92. The molecule has 0 aromatic carbocycles. The van der Waals surface area contributed by atoms with E-state index in [4.69, 9.17) is 4.98 Å². The van der Waals surface area contributed by atoms with Gasteiger partial charge < -0.3 is 0 Å². The average molecular weight is 391 g/mol. The van der Waals surface area contributed by atoms with Crippen molar-refractivity contribution in [3.05, 3.63) is 33.4 Å². The van der Waals surface area contributed by atoms with E-state index in [1.807, 2.05) is 20.8 Å². The molecule has 1 aliphatic rings. The summed E-state index contributed by atoms with van der Waals surface area (Å²) in [5.74, 6) is 1.13. The van der Waals surface area contributed by atoms with Gasteiger partial charge in [-0.1, -0.05) is 45.5 Å². The van der Waals surface area contributed by atoms with Crippen LogP contribution in [0.5, 0.6) is 0 Å². The van der Waals surface area contributed by atoms with Gasteiger partial charge in [-0.3, -0.25) is 14.2 Å². The third-order valence-corrected chi connectivity index (χ3v) is 6.99. The number of thioether (sulfide) groups is 1. The molecule has 6 heteroatoms. The van der Waals surface area contributed by atoms with Crippen molar-refractivity contribution in [3.63, 3.8) is 0 Å². The molecule has 0 N–H and O–H groups in total. The quantitative estimate of drug-likeness (QED) is 0.429. The summed E-state index contributed by atoms with van der Waals surface area (Å²) >= 11 is 3.01. The number of hydrogen-bond acceptors (Lipinski definition) is 5. The second kappa shape index (κ2) is 7.31. The molecule has 0 spiro atoms. The minimum Gasteiger partial charge on any atom is -0.298 e. The van der Waals surface area contributed by atoms with Crippen molar-refractivity contribution >= 4 is 39.1 Å². The summed E-state index contributed by atoms with van der Waals surface area (Å²) in [4.78, 5) is 32.4. The highest BCUT2D eigenvalue weighted by Gasteiger charge is 2.26. The monoisotopic (exact) mass is 390 g/mol. The van der Waals surface area contributed by atoms with Gasteiger partial charge in [0.15, 0.2) is 5.16 Å². The molecule has 0 bridgehead atoms. The van der Waals surface area contributed by atoms with E-state index in [1.165, 1.54) is 22.2 Å². The number of Topliss-reactive ketones (excluding diaryl/α,β-unsaturated/α-hetero) is 1. The van der Waals surface area contributed by atoms with Crippen molar-refractivity contribution in [2.24, 2.45) is 11.3 Å². The third kappa shape index (κ3) is 3.67. The Labute approximate surface area is 162 Å². The largest absolute Gasteiger partial charge is 0.298 e. The normalized spacial score (nSPS) is 17.3. The Morgan fingerprint density at radius 3 is 2.85 bits per heavy atom. The predicted molar refractivity (Wildman–Crippen MR) is 110 cm³/mol. The van der Waals surface area contributed by atoms with Gasteiger partial charge in [-0.2, -0.15) is 0 Å². The maximum atomic E-state index is 13.2. The van der Waals surface area contributed by atoms with Crippen LogP contribution in [0.15, 0.2) is 22.6 Å². The fourth-order valence-electron chi connectivity index (χ4n) is 3.15. The lowest BCUT2D eigenvalue weighted by Crippen LogP contribution is -2.25. The van der Waals surface area contributed by atoms with Gasteiger partial charge in [-0.15, -0.1) is 17.9 Å². The number of aromatic nitrogens is 2. The van der Waals surface area contributed by atoms with Crippen LogP contribution in [0.1, 0.15) is 44.6 Å². The molecule has 0 aliphatic heterocycles. The zero-order chi connectivity index (χ0) is 19.1. The molecule has 140 valence electrons. The molecular formula is C20H26N2O2S2. The summed E-state index contributed by atoms with van der Waals surface area (Å²) in [7, 11) is 0. The van der Waals surface area contributed by atoms with Gasteiger partial charge in [-0.25, -0.2) is 4.98 Å². The van der Waals surface area contributed by atoms with Crippen LogP contribution < -0.4 is 5.56 Å². The standard InChI is InChI=1S/C20H26N2O2S2/c1-6-9-22-18(24)16-13-8-7-12(2)10-14(13)26-17(16)21-19(22)25-11-15(23)20(3,4)5/h6,12H,1,7-11H2,2-5H3/t12-/m0/s1. The van der Waals surface area contributed by atoms with Crippen molar-refractivity contribution in [3.8, 4) is 0 Å². The van der Waals surface area contributed by atoms with E-state index >= 15 is 0 Å². The summed E-state index contributed by atoms with van der Waals surface area (Å²) < 4.78 is 1.67. The van der Waals surface area contributed by atoms with Gasteiger partial charge in [0.05, 0.1) is 11.1 Å². The van der Waals surface area contributed by atoms with Crippen molar-refractivity contribution < 1.29 is 4.79 Å². The SMILES string of the molecule is C=CCn1c(SCC(=O)C(C)(C)C)nc2sc3c(c2c1=O)CC[C@H](C)C3. The van der Waals surface area contributed by atoms with Crippen LogP contribution in [0.2, 0.25) is 0 Å². The first-order valence-electron chi connectivity index (χ1n) is 9.04. The Balaban J connectivity index is 2.05. The number of aryl methyl sites for hydroxylation is 1. The number of fused-ring (bicyclic) bond motifs is 3. The lowest BCUT2D eigenvalue weighted by Gasteiger charge is -2.18. The second-order valence-corrected chi connectivity index (χ2v) is 10.1. The maximum absolute atomic E-state index is 13.2. The Bertz CT molecular complexity index is 919. The number of hydrogen-bond donors (Lipinski definition) is 0. The van der Waals surface area contributed by atoms with Gasteiger partial charge in [0, 0.05) is 16.8 Å². The first-order valence-corrected chi connectivity index (χ1v) is 10.8. The molecule has 2 heterocycles. The fourth-order valence-corrected chi connectivity index (χ4v) is 5.74. The molecule has 1 aliphatic carbocycles. The zero-order valence-electron chi connectivity index (χ0n) is 15.9. The van der Waals surface area contributed by atoms with E-state index < -0.39 is 5.41 Å². The van der Waals surface area contributed by atoms with Crippen LogP contribution in [-0.2, 0) is 24.2 Å². The number of rotatable bonds is 5. The molecule has 0 radical (unpaired) electrons. The highest BCUT2D eigenvalue weighted by atomic mass is 32.2. The van der Waals surface area contributed by atoms with Crippen molar-refractivity contribution in [2.75, 3.05) is 5.75 Å². The molecule has 0 fully saturated rings. The highest BCUT2D eigenvalue weighted by molar-refractivity contribution is 7.99. The van der Waals surface area contributed by atoms with E-state index in [0.29, 0.717) is 23.4 Å². The molecule has 26 heavy (non-hydrogen) atoms. The Kier molecular flexibility index (Phi) is 5.45. The molecule has 1 atom stereocenters. The van der Waals surface area contributed by atoms with Gasteiger partial charge in [0.2, 0.25) is 0 Å². The lowest BCUT2D eigenvalue weighted by molar-refractivity contribution is -0.123. The van der Waals surface area contributed by atoms with E-state index in [0.717, 1.165) is 29.5 Å². The van der Waals surface area contributed by atoms with Crippen LogP contribution in [0.4, 0.5) is 0 Å². The number of carbonyl (C=O) groups is 1. The number of thiophene rings is 1. The number of nitrogens with zero attached hydrogens (tertiary/aromatic N) is 2. The summed E-state index contributed by atoms with van der Waals surface area (Å²) in [5.41, 5.74) is 0.812. The molecule has 0 amide bonds. The van der Waals surface area contributed by atoms with Crippen LogP contribution in [0.25, 0.3) is 10.2 Å². The summed E-state index contributed by atoms with van der Waals surface area (Å²) in [5, 5.41) is 1.40. The minimum absolute atomic E-state index is 0.00709. The smallest absolute Gasteiger partial charge is 0.263 e. The van der Waals surface area contributed by atoms with Gasteiger partial charge in [0.25, 0.3) is 5.56 Å². The van der Waals surface area contributed by atoms with E-state index in [-0.39, 0.29) is 11.3 Å². The molecule has 0 unspecified atom stereocenters. The zero-order valence-corrected chi connectivity index (χ0v) is 17.6. The Hall–Kier alpha value is -1.40. The van der Waals surface area contributed by atoms with Crippen molar-refractivity contribution in [1.29, 1.82) is 0 Å². The van der Waals surface area contributed by atoms with Crippen LogP contribution in [0.3, 0.4) is 0 Å². The van der Waals surface area contributed by atoms with Gasteiger partial charge in [-0.05, 0) is 30.7 Å².